The van der Waals surface area contributed by atoms with Gasteiger partial charge in [0.1, 0.15) is 0 Å². The van der Waals surface area contributed by atoms with Crippen molar-refractivity contribution < 1.29 is 14.3 Å². The number of ether oxygens (including phenoxy) is 2. The standard InChI is InChI=1S/C24H31N3O3S2/c1-5-26(6-2)13-14-27(23(28)12-15-31-18-10-8-7-9-11-18)24-25-19-16-20(29-3)21(30-4)17-22(19)32-24/h7-11,16-17H,5-6,12-15H2,1-4H3. The van der Waals surface area contributed by atoms with E-state index in [0.717, 1.165) is 40.7 Å². The van der Waals surface area contributed by atoms with Gasteiger partial charge in [0.25, 0.3) is 0 Å². The van der Waals surface area contributed by atoms with Crippen LogP contribution in [0.5, 0.6) is 11.5 Å². The average molecular weight is 474 g/mol. The number of thioether (sulfide) groups is 1. The maximum Gasteiger partial charge on any atom is 0.229 e. The van der Waals surface area contributed by atoms with Crippen molar-refractivity contribution in [3.05, 3.63) is 42.5 Å². The lowest BCUT2D eigenvalue weighted by Crippen LogP contribution is -2.39. The number of carbonyl (C=O) groups excluding carboxylic acids is 1. The molecule has 2 aromatic carbocycles. The molecule has 0 aliphatic carbocycles. The molecule has 32 heavy (non-hydrogen) atoms. The topological polar surface area (TPSA) is 54.9 Å². The summed E-state index contributed by atoms with van der Waals surface area (Å²) in [5.41, 5.74) is 0.807. The van der Waals surface area contributed by atoms with Gasteiger partial charge in [-0.1, -0.05) is 43.4 Å². The number of rotatable bonds is 12. The van der Waals surface area contributed by atoms with Crippen LogP contribution in [0.3, 0.4) is 0 Å². The molecule has 172 valence electrons. The van der Waals surface area contributed by atoms with Gasteiger partial charge in [-0.05, 0) is 25.2 Å². The van der Waals surface area contributed by atoms with E-state index in [4.69, 9.17) is 14.5 Å². The number of thiazole rings is 1. The second kappa shape index (κ2) is 12.1. The van der Waals surface area contributed by atoms with Gasteiger partial charge in [-0.15, -0.1) is 11.8 Å². The van der Waals surface area contributed by atoms with Crippen molar-refractivity contribution in [3.8, 4) is 11.5 Å². The zero-order valence-electron chi connectivity index (χ0n) is 19.2. The molecular weight excluding hydrogens is 442 g/mol. The highest BCUT2D eigenvalue weighted by Gasteiger charge is 2.21. The van der Waals surface area contributed by atoms with Gasteiger partial charge in [0.15, 0.2) is 16.6 Å². The Morgan fingerprint density at radius 1 is 1.03 bits per heavy atom. The Morgan fingerprint density at radius 3 is 2.38 bits per heavy atom. The van der Waals surface area contributed by atoms with Crippen LogP contribution in [0.15, 0.2) is 47.4 Å². The Bertz CT molecular complexity index is 965. The van der Waals surface area contributed by atoms with Gasteiger partial charge >= 0.3 is 0 Å². The van der Waals surface area contributed by atoms with Gasteiger partial charge in [0.2, 0.25) is 5.91 Å². The van der Waals surface area contributed by atoms with Crippen molar-refractivity contribution in [2.24, 2.45) is 0 Å². The Hall–Kier alpha value is -2.29. The van der Waals surface area contributed by atoms with Crippen LogP contribution in [0.25, 0.3) is 10.2 Å². The molecule has 0 aliphatic rings. The van der Waals surface area contributed by atoms with Crippen molar-refractivity contribution >= 4 is 44.4 Å². The third kappa shape index (κ3) is 6.15. The zero-order chi connectivity index (χ0) is 22.9. The molecular formula is C24H31N3O3S2. The summed E-state index contributed by atoms with van der Waals surface area (Å²) in [5, 5.41) is 0.720. The number of fused-ring (bicyclic) bond motifs is 1. The summed E-state index contributed by atoms with van der Waals surface area (Å²) in [5.74, 6) is 2.13. The Kier molecular flexibility index (Phi) is 9.20. The van der Waals surface area contributed by atoms with E-state index in [1.807, 2.05) is 35.2 Å². The molecule has 1 amide bonds. The van der Waals surface area contributed by atoms with Crippen molar-refractivity contribution in [2.45, 2.75) is 25.2 Å². The van der Waals surface area contributed by atoms with Crippen LogP contribution in [0.2, 0.25) is 0 Å². The predicted octanol–water partition coefficient (Wildman–Crippen LogP) is 5.17. The van der Waals surface area contributed by atoms with Crippen molar-refractivity contribution in [3.63, 3.8) is 0 Å². The fraction of sp³-hybridized carbons (Fsp3) is 0.417. The minimum atomic E-state index is 0.0959. The Morgan fingerprint density at radius 2 is 1.72 bits per heavy atom. The number of likely N-dealkylation sites (N-methyl/N-ethyl adjacent to an activating group) is 1. The molecule has 6 nitrogen and oxygen atoms in total. The molecule has 8 heteroatoms. The van der Waals surface area contributed by atoms with Gasteiger partial charge < -0.3 is 14.4 Å². The van der Waals surface area contributed by atoms with E-state index in [-0.39, 0.29) is 5.91 Å². The second-order valence-electron chi connectivity index (χ2n) is 7.16. The SMILES string of the molecule is CCN(CC)CCN(C(=O)CCSc1ccccc1)c1nc2cc(OC)c(OC)cc2s1. The quantitative estimate of drug-likeness (QED) is 0.338. The summed E-state index contributed by atoms with van der Waals surface area (Å²) in [6.07, 6.45) is 0.459. The van der Waals surface area contributed by atoms with Gasteiger partial charge in [0.05, 0.1) is 24.4 Å². The molecule has 3 rings (SSSR count). The van der Waals surface area contributed by atoms with Crippen molar-refractivity contribution in [1.29, 1.82) is 0 Å². The predicted molar refractivity (Wildman–Crippen MR) is 135 cm³/mol. The molecule has 0 saturated heterocycles. The molecule has 0 N–H and O–H groups in total. The molecule has 0 atom stereocenters. The van der Waals surface area contributed by atoms with Crippen LogP contribution in [0.1, 0.15) is 20.3 Å². The number of hydrogen-bond donors (Lipinski definition) is 0. The number of carbonyl (C=O) groups is 1. The fourth-order valence-corrected chi connectivity index (χ4v) is 5.26. The first kappa shape index (κ1) is 24.4. The smallest absolute Gasteiger partial charge is 0.229 e. The summed E-state index contributed by atoms with van der Waals surface area (Å²) in [7, 11) is 3.23. The van der Waals surface area contributed by atoms with Crippen LogP contribution in [-0.2, 0) is 4.79 Å². The molecule has 0 spiro atoms. The highest BCUT2D eigenvalue weighted by Crippen LogP contribution is 2.37. The highest BCUT2D eigenvalue weighted by atomic mass is 32.2. The van der Waals surface area contributed by atoms with Gasteiger partial charge in [-0.3, -0.25) is 9.69 Å². The first-order valence-electron chi connectivity index (χ1n) is 10.8. The number of amides is 1. The molecule has 0 fully saturated rings. The van der Waals surface area contributed by atoms with E-state index in [2.05, 4.69) is 30.9 Å². The van der Waals surface area contributed by atoms with Crippen LogP contribution < -0.4 is 14.4 Å². The van der Waals surface area contributed by atoms with Gasteiger partial charge in [0, 0.05) is 42.3 Å². The highest BCUT2D eigenvalue weighted by molar-refractivity contribution is 7.99. The molecule has 0 aliphatic heterocycles. The number of hydrogen-bond acceptors (Lipinski definition) is 7. The third-order valence-corrected chi connectivity index (χ3v) is 7.33. The van der Waals surface area contributed by atoms with Gasteiger partial charge in [-0.25, -0.2) is 4.98 Å². The van der Waals surface area contributed by atoms with Gasteiger partial charge in [-0.2, -0.15) is 0 Å². The Labute approximate surface area is 198 Å². The lowest BCUT2D eigenvalue weighted by molar-refractivity contribution is -0.118. The summed E-state index contributed by atoms with van der Waals surface area (Å²) < 4.78 is 11.8. The number of methoxy groups -OCH3 is 2. The van der Waals surface area contributed by atoms with E-state index in [1.54, 1.807) is 26.0 Å². The second-order valence-corrected chi connectivity index (χ2v) is 9.33. The maximum atomic E-state index is 13.3. The van der Waals surface area contributed by atoms with Crippen LogP contribution in [0.4, 0.5) is 5.13 Å². The first-order valence-corrected chi connectivity index (χ1v) is 12.6. The summed E-state index contributed by atoms with van der Waals surface area (Å²) in [6.45, 7) is 7.62. The van der Waals surface area contributed by atoms with E-state index in [9.17, 15) is 4.79 Å². The maximum absolute atomic E-state index is 13.3. The normalized spacial score (nSPS) is 11.2. The molecule has 1 heterocycles. The monoisotopic (exact) mass is 473 g/mol. The minimum Gasteiger partial charge on any atom is -0.493 e. The summed E-state index contributed by atoms with van der Waals surface area (Å²) in [6, 6.07) is 14.0. The summed E-state index contributed by atoms with van der Waals surface area (Å²) >= 11 is 3.21. The van der Waals surface area contributed by atoms with Crippen LogP contribution in [0, 0.1) is 0 Å². The molecule has 0 saturated carbocycles. The molecule has 1 aromatic heterocycles. The first-order chi connectivity index (χ1) is 15.6. The zero-order valence-corrected chi connectivity index (χ0v) is 20.8. The largest absolute Gasteiger partial charge is 0.493 e. The van der Waals surface area contributed by atoms with Crippen LogP contribution >= 0.6 is 23.1 Å². The lowest BCUT2D eigenvalue weighted by atomic mass is 10.3. The van der Waals surface area contributed by atoms with Crippen molar-refractivity contribution in [1.82, 2.24) is 9.88 Å². The van der Waals surface area contributed by atoms with E-state index in [1.165, 1.54) is 16.2 Å². The minimum absolute atomic E-state index is 0.0959. The van der Waals surface area contributed by atoms with E-state index >= 15 is 0 Å². The summed E-state index contributed by atoms with van der Waals surface area (Å²) in [4.78, 5) is 23.4. The van der Waals surface area contributed by atoms with Crippen molar-refractivity contribution in [2.75, 3.05) is 51.1 Å². The molecule has 0 radical (unpaired) electrons. The van der Waals surface area contributed by atoms with E-state index in [0.29, 0.717) is 24.5 Å². The fourth-order valence-electron chi connectivity index (χ4n) is 3.37. The lowest BCUT2D eigenvalue weighted by Gasteiger charge is -2.24. The average Bonchev–Trinajstić information content (AvgIpc) is 3.23. The molecule has 0 bridgehead atoms. The van der Waals surface area contributed by atoms with E-state index < -0.39 is 0 Å². The number of anilines is 1. The number of nitrogens with zero attached hydrogens (tertiary/aromatic N) is 3. The third-order valence-electron chi connectivity index (χ3n) is 5.28. The number of aromatic nitrogens is 1. The Balaban J connectivity index is 1.80. The molecule has 3 aromatic rings. The molecule has 0 unspecified atom stereocenters. The number of benzene rings is 2. The van der Waals surface area contributed by atoms with Crippen LogP contribution in [-0.4, -0.2) is 61.9 Å².